The number of thiophene rings is 1. The summed E-state index contributed by atoms with van der Waals surface area (Å²) in [5.41, 5.74) is 7.46. The first-order valence-corrected chi connectivity index (χ1v) is 10.9. The van der Waals surface area contributed by atoms with Crippen molar-refractivity contribution < 1.29 is 9.18 Å². The topological polar surface area (TPSA) is 97.0 Å². The van der Waals surface area contributed by atoms with Crippen molar-refractivity contribution in [3.05, 3.63) is 46.5 Å². The number of anilines is 1. The number of halogens is 1. The highest BCUT2D eigenvalue weighted by Crippen LogP contribution is 2.30. The molecule has 7 nitrogen and oxygen atoms in total. The molecule has 0 unspecified atom stereocenters. The minimum Gasteiger partial charge on any atom is -0.348 e. The zero-order chi connectivity index (χ0) is 21.8. The number of aromatic nitrogens is 3. The fourth-order valence-electron chi connectivity index (χ4n) is 3.24. The number of pyridine rings is 1. The van der Waals surface area contributed by atoms with Crippen LogP contribution in [0.3, 0.4) is 0 Å². The van der Waals surface area contributed by atoms with Crippen molar-refractivity contribution in [1.29, 1.82) is 0 Å². The number of likely N-dealkylation sites (tertiary alicyclic amines) is 1. The second-order valence-corrected chi connectivity index (χ2v) is 8.34. The highest BCUT2D eigenvalue weighted by atomic mass is 32.1. The molecule has 30 heavy (non-hydrogen) atoms. The summed E-state index contributed by atoms with van der Waals surface area (Å²) in [6.45, 7) is 9.72. The van der Waals surface area contributed by atoms with Crippen LogP contribution in [0.4, 0.5) is 10.3 Å². The monoisotopic (exact) mass is 430 g/mol. The summed E-state index contributed by atoms with van der Waals surface area (Å²) in [7, 11) is 0. The minimum absolute atomic E-state index is 0.109. The Morgan fingerprint density at radius 2 is 2.07 bits per heavy atom. The fraction of sp³-hybridized carbons (Fsp3) is 0.429. The van der Waals surface area contributed by atoms with E-state index in [1.165, 1.54) is 17.4 Å². The summed E-state index contributed by atoms with van der Waals surface area (Å²) in [4.78, 5) is 28.7. The van der Waals surface area contributed by atoms with Crippen molar-refractivity contribution >= 4 is 33.4 Å². The van der Waals surface area contributed by atoms with E-state index in [0.717, 1.165) is 21.3 Å². The van der Waals surface area contributed by atoms with Crippen LogP contribution in [0, 0.1) is 18.7 Å². The van der Waals surface area contributed by atoms with Crippen LogP contribution in [0.5, 0.6) is 0 Å². The van der Waals surface area contributed by atoms with Gasteiger partial charge >= 0.3 is 0 Å². The molecule has 1 aliphatic rings. The van der Waals surface area contributed by atoms with E-state index in [1.54, 1.807) is 11.1 Å². The molecule has 1 aliphatic heterocycles. The van der Waals surface area contributed by atoms with Crippen LogP contribution >= 0.6 is 11.3 Å². The third-order valence-electron chi connectivity index (χ3n) is 4.85. The maximum absolute atomic E-state index is 13.5. The number of rotatable bonds is 5. The van der Waals surface area contributed by atoms with E-state index < -0.39 is 5.82 Å². The molecule has 3 aromatic heterocycles. The summed E-state index contributed by atoms with van der Waals surface area (Å²) < 4.78 is 14.2. The lowest BCUT2D eigenvalue weighted by atomic mass is 10.00. The van der Waals surface area contributed by atoms with E-state index in [0.29, 0.717) is 42.8 Å². The van der Waals surface area contributed by atoms with Crippen molar-refractivity contribution in [1.82, 2.24) is 19.9 Å². The predicted octanol–water partition coefficient (Wildman–Crippen LogP) is 3.76. The van der Waals surface area contributed by atoms with E-state index in [-0.39, 0.29) is 11.9 Å². The third kappa shape index (κ3) is 4.57. The van der Waals surface area contributed by atoms with Crippen LogP contribution in [0.15, 0.2) is 24.5 Å². The zero-order valence-corrected chi connectivity index (χ0v) is 18.5. The van der Waals surface area contributed by atoms with Crippen molar-refractivity contribution in [2.45, 2.75) is 33.7 Å². The quantitative estimate of drug-likeness (QED) is 0.640. The van der Waals surface area contributed by atoms with Crippen molar-refractivity contribution in [2.24, 2.45) is 11.7 Å². The number of amides is 1. The molecule has 1 fully saturated rings. The van der Waals surface area contributed by atoms with Gasteiger partial charge in [0, 0.05) is 30.1 Å². The third-order valence-corrected chi connectivity index (χ3v) is 5.89. The number of fused-ring (bicyclic) bond motifs is 1. The van der Waals surface area contributed by atoms with Crippen LogP contribution in [0.2, 0.25) is 0 Å². The van der Waals surface area contributed by atoms with Crippen LogP contribution in [0.25, 0.3) is 10.2 Å². The number of carbonyl (C=O) groups excluding carboxylic acids is 1. The number of nitrogens with zero attached hydrogens (tertiary/aromatic N) is 4. The molecule has 0 spiro atoms. The highest BCUT2D eigenvalue weighted by Gasteiger charge is 2.32. The summed E-state index contributed by atoms with van der Waals surface area (Å²) >= 11 is 1.51. The van der Waals surface area contributed by atoms with Gasteiger partial charge in [0.1, 0.15) is 5.82 Å². The van der Waals surface area contributed by atoms with Crippen molar-refractivity contribution in [2.75, 3.05) is 25.0 Å². The largest absolute Gasteiger partial charge is 0.348 e. The second-order valence-electron chi connectivity index (χ2n) is 7.08. The van der Waals surface area contributed by atoms with E-state index in [1.807, 2.05) is 33.8 Å². The number of carbonyl (C=O) groups is 1. The van der Waals surface area contributed by atoms with E-state index in [4.69, 9.17) is 5.73 Å². The van der Waals surface area contributed by atoms with Gasteiger partial charge in [-0.2, -0.15) is 0 Å². The van der Waals surface area contributed by atoms with Gasteiger partial charge in [-0.15, -0.1) is 11.3 Å². The molecule has 4 heterocycles. The Bertz CT molecular complexity index is 1030. The van der Waals surface area contributed by atoms with Gasteiger partial charge in [0.15, 0.2) is 5.69 Å². The smallest absolute Gasteiger partial charge is 0.274 e. The summed E-state index contributed by atoms with van der Waals surface area (Å²) in [6.07, 6.45) is 2.75. The zero-order valence-electron chi connectivity index (χ0n) is 17.6. The van der Waals surface area contributed by atoms with Gasteiger partial charge in [-0.25, -0.2) is 14.4 Å². The Labute approximate surface area is 179 Å². The molecule has 0 bridgehead atoms. The molecular weight excluding hydrogens is 403 g/mol. The lowest BCUT2D eigenvalue weighted by Gasteiger charge is -2.38. The molecule has 3 N–H and O–H groups in total. The number of aryl methyl sites for hydroxylation is 1. The SMILES string of the molecule is CC.Cc1cc2nc(N[C@@H](C)c3cncc(F)c3)nc(C(=O)N3CC(CN)C3)c2s1. The predicted molar refractivity (Wildman–Crippen MR) is 118 cm³/mol. The molecule has 0 aromatic carbocycles. The Morgan fingerprint density at radius 1 is 1.33 bits per heavy atom. The number of hydrogen-bond acceptors (Lipinski definition) is 7. The first-order chi connectivity index (χ1) is 14.4. The number of hydrogen-bond donors (Lipinski definition) is 2. The Hall–Kier alpha value is -2.65. The molecule has 0 saturated carbocycles. The second kappa shape index (κ2) is 9.44. The molecule has 0 radical (unpaired) electrons. The standard InChI is InChI=1S/C19H21FN6OS.C2H6/c1-10-3-15-17(28-10)16(18(27)26-8-12(5-21)9-26)25-19(24-15)23-11(2)13-4-14(20)7-22-6-13;1-2/h3-4,6-7,11-12H,5,8-9,21H2,1-2H3,(H,23,24,25);1-2H3/t11-;/m0./s1. The molecule has 0 aliphatic carbocycles. The van der Waals surface area contributed by atoms with Gasteiger partial charge in [-0.3, -0.25) is 9.78 Å². The average Bonchev–Trinajstić information content (AvgIpc) is 3.08. The molecule has 160 valence electrons. The molecule has 1 amide bonds. The van der Waals surface area contributed by atoms with Gasteiger partial charge in [0.05, 0.1) is 22.5 Å². The molecule has 3 aromatic rings. The maximum Gasteiger partial charge on any atom is 0.274 e. The van der Waals surface area contributed by atoms with E-state index in [9.17, 15) is 9.18 Å². The first-order valence-electron chi connectivity index (χ1n) is 10.1. The van der Waals surface area contributed by atoms with Gasteiger partial charge in [-0.05, 0) is 38.1 Å². The van der Waals surface area contributed by atoms with Crippen LogP contribution in [-0.4, -0.2) is 45.4 Å². The highest BCUT2D eigenvalue weighted by molar-refractivity contribution is 7.19. The Balaban J connectivity index is 0.00000124. The lowest BCUT2D eigenvalue weighted by Crippen LogP contribution is -2.52. The minimum atomic E-state index is -0.404. The van der Waals surface area contributed by atoms with Crippen LogP contribution in [-0.2, 0) is 0 Å². The van der Waals surface area contributed by atoms with Crippen molar-refractivity contribution in [3.8, 4) is 0 Å². The molecule has 9 heteroatoms. The number of nitrogens with one attached hydrogen (secondary N) is 1. The molecule has 4 rings (SSSR count). The van der Waals surface area contributed by atoms with Gasteiger partial charge in [0.2, 0.25) is 5.95 Å². The number of nitrogens with two attached hydrogens (primary N) is 1. The van der Waals surface area contributed by atoms with E-state index in [2.05, 4.69) is 20.3 Å². The van der Waals surface area contributed by atoms with Gasteiger partial charge in [0.25, 0.3) is 5.91 Å². The molecule has 1 saturated heterocycles. The van der Waals surface area contributed by atoms with E-state index >= 15 is 0 Å². The van der Waals surface area contributed by atoms with Gasteiger partial charge in [-0.1, -0.05) is 13.8 Å². The van der Waals surface area contributed by atoms with Gasteiger partial charge < -0.3 is 16.0 Å². The van der Waals surface area contributed by atoms with Crippen molar-refractivity contribution in [3.63, 3.8) is 0 Å². The fourth-order valence-corrected chi connectivity index (χ4v) is 4.17. The van der Waals surface area contributed by atoms with Crippen LogP contribution < -0.4 is 11.1 Å². The lowest BCUT2D eigenvalue weighted by molar-refractivity contribution is 0.0512. The van der Waals surface area contributed by atoms with Crippen LogP contribution in [0.1, 0.15) is 47.7 Å². The summed E-state index contributed by atoms with van der Waals surface area (Å²) in [5, 5.41) is 3.16. The first kappa shape index (κ1) is 22.0. The Morgan fingerprint density at radius 3 is 2.73 bits per heavy atom. The maximum atomic E-state index is 13.5. The normalized spacial score (nSPS) is 14.7. The summed E-state index contributed by atoms with van der Waals surface area (Å²) in [6, 6.07) is 3.09. The molecular formula is C21H27FN6OS. The molecule has 1 atom stereocenters. The Kier molecular flexibility index (Phi) is 6.94. The average molecular weight is 431 g/mol. The summed E-state index contributed by atoms with van der Waals surface area (Å²) in [5.74, 6) is 0.173.